The zero-order chi connectivity index (χ0) is 28.4. The van der Waals surface area contributed by atoms with Crippen LogP contribution < -0.4 is 0 Å². The summed E-state index contributed by atoms with van der Waals surface area (Å²) in [6, 6.07) is 0. The maximum Gasteiger partial charge on any atom is 0.331 e. The number of carboxylic acid groups (broad SMARTS) is 1. The lowest BCUT2D eigenvalue weighted by Gasteiger charge is -2.61. The zero-order valence-corrected chi connectivity index (χ0v) is 24.4. The largest absolute Gasteiger partial charge is 0.478 e. The summed E-state index contributed by atoms with van der Waals surface area (Å²) in [6.45, 7) is 16.3. The molecule has 8 atom stereocenters. The third-order valence-corrected chi connectivity index (χ3v) is 11.6. The molecule has 0 radical (unpaired) electrons. The van der Waals surface area contributed by atoms with Gasteiger partial charge < -0.3 is 14.9 Å². The number of aliphatic hydroxyl groups excluding tert-OH is 1. The minimum atomic E-state index is -1.08. The van der Waals surface area contributed by atoms with Gasteiger partial charge in [0.05, 0.1) is 6.10 Å². The number of ether oxygens (including phenoxy) is 1. The SMILES string of the molecule is CC(=O)OC1CC(C(C)CC(=O)C=C(C)C(=O)O)C2(C)CC=C3C(=CCC4C3(C)CCC(O)C4(C)C)C12C. The number of ketones is 1. The normalized spacial score (nSPS) is 40.6. The molecule has 0 amide bonds. The molecule has 0 aromatic carbocycles. The number of carbonyl (C=O) groups is 3. The number of rotatable bonds is 6. The van der Waals surface area contributed by atoms with E-state index in [0.29, 0.717) is 12.3 Å². The number of esters is 1. The molecule has 0 saturated heterocycles. The van der Waals surface area contributed by atoms with E-state index in [4.69, 9.17) is 4.74 Å². The smallest absolute Gasteiger partial charge is 0.331 e. The highest BCUT2D eigenvalue weighted by atomic mass is 16.5. The highest BCUT2D eigenvalue weighted by Gasteiger charge is 2.67. The average Bonchev–Trinajstić information content (AvgIpc) is 3.03. The van der Waals surface area contributed by atoms with Gasteiger partial charge in [-0.15, -0.1) is 0 Å². The van der Waals surface area contributed by atoms with Crippen molar-refractivity contribution in [2.45, 2.75) is 106 Å². The van der Waals surface area contributed by atoms with Gasteiger partial charge in [-0.2, -0.15) is 0 Å². The van der Waals surface area contributed by atoms with E-state index in [0.717, 1.165) is 25.7 Å². The minimum Gasteiger partial charge on any atom is -0.478 e. The van der Waals surface area contributed by atoms with E-state index < -0.39 is 11.4 Å². The third kappa shape index (κ3) is 4.13. The first kappa shape index (κ1) is 28.8. The molecule has 6 heteroatoms. The summed E-state index contributed by atoms with van der Waals surface area (Å²) in [4.78, 5) is 36.3. The molecule has 38 heavy (non-hydrogen) atoms. The van der Waals surface area contributed by atoms with Crippen LogP contribution in [0.4, 0.5) is 0 Å². The van der Waals surface area contributed by atoms with Crippen molar-refractivity contribution in [3.8, 4) is 0 Å². The minimum absolute atomic E-state index is 0.00327. The quantitative estimate of drug-likeness (QED) is 0.323. The Morgan fingerprint density at radius 2 is 1.76 bits per heavy atom. The highest BCUT2D eigenvalue weighted by Crippen LogP contribution is 2.72. The second-order valence-corrected chi connectivity index (χ2v) is 13.9. The van der Waals surface area contributed by atoms with Crippen LogP contribution in [0.25, 0.3) is 0 Å². The topological polar surface area (TPSA) is 101 Å². The Labute approximate surface area is 227 Å². The second-order valence-electron chi connectivity index (χ2n) is 13.9. The maximum atomic E-state index is 12.8. The molecular weight excluding hydrogens is 480 g/mol. The molecular formula is C32H46O6. The summed E-state index contributed by atoms with van der Waals surface area (Å²) in [7, 11) is 0. The second kappa shape index (κ2) is 9.46. The fourth-order valence-corrected chi connectivity index (χ4v) is 9.10. The van der Waals surface area contributed by atoms with E-state index in [-0.39, 0.29) is 64.0 Å². The zero-order valence-electron chi connectivity index (χ0n) is 24.4. The van der Waals surface area contributed by atoms with Gasteiger partial charge in [-0.3, -0.25) is 9.59 Å². The predicted octanol–water partition coefficient (Wildman–Crippen LogP) is 6.04. The van der Waals surface area contributed by atoms with Crippen molar-refractivity contribution in [2.24, 2.45) is 39.4 Å². The molecule has 0 spiro atoms. The number of aliphatic hydroxyl groups is 1. The summed E-state index contributed by atoms with van der Waals surface area (Å²) in [6.07, 6.45) is 9.74. The number of aliphatic carboxylic acids is 1. The molecule has 2 N–H and O–H groups in total. The van der Waals surface area contributed by atoms with Crippen molar-refractivity contribution in [2.75, 3.05) is 0 Å². The molecule has 0 aliphatic heterocycles. The monoisotopic (exact) mass is 526 g/mol. The number of carboxylic acids is 1. The van der Waals surface area contributed by atoms with Crippen LogP contribution in [0.3, 0.4) is 0 Å². The van der Waals surface area contributed by atoms with Crippen LogP contribution >= 0.6 is 0 Å². The van der Waals surface area contributed by atoms with Gasteiger partial charge in [0.15, 0.2) is 5.78 Å². The van der Waals surface area contributed by atoms with Crippen molar-refractivity contribution in [3.63, 3.8) is 0 Å². The molecule has 8 unspecified atom stereocenters. The molecule has 2 saturated carbocycles. The van der Waals surface area contributed by atoms with Crippen LogP contribution in [0.2, 0.25) is 0 Å². The number of fused-ring (bicyclic) bond motifs is 5. The lowest BCUT2D eigenvalue weighted by Crippen LogP contribution is -2.56. The molecule has 6 nitrogen and oxygen atoms in total. The average molecular weight is 527 g/mol. The van der Waals surface area contributed by atoms with Gasteiger partial charge in [-0.25, -0.2) is 4.79 Å². The van der Waals surface area contributed by atoms with Gasteiger partial charge in [0, 0.05) is 24.3 Å². The molecule has 4 rings (SSSR count). The van der Waals surface area contributed by atoms with Gasteiger partial charge in [0.2, 0.25) is 0 Å². The Hall–Kier alpha value is -2.21. The number of hydrogen-bond acceptors (Lipinski definition) is 5. The summed E-state index contributed by atoms with van der Waals surface area (Å²) in [5.74, 6) is -1.11. The first-order valence-corrected chi connectivity index (χ1v) is 14.2. The summed E-state index contributed by atoms with van der Waals surface area (Å²) in [5, 5.41) is 20.0. The molecule has 210 valence electrons. The first-order valence-electron chi connectivity index (χ1n) is 14.2. The fourth-order valence-electron chi connectivity index (χ4n) is 9.10. The Balaban J connectivity index is 1.75. The van der Waals surface area contributed by atoms with Crippen LogP contribution in [0.1, 0.15) is 93.9 Å². The van der Waals surface area contributed by atoms with E-state index in [9.17, 15) is 24.6 Å². The van der Waals surface area contributed by atoms with Gasteiger partial charge >= 0.3 is 11.9 Å². The first-order chi connectivity index (χ1) is 17.5. The Kier molecular flexibility index (Phi) is 7.17. The van der Waals surface area contributed by atoms with Gasteiger partial charge in [0.1, 0.15) is 6.10 Å². The van der Waals surface area contributed by atoms with Crippen molar-refractivity contribution in [1.29, 1.82) is 0 Å². The lowest BCUT2D eigenvalue weighted by atomic mass is 9.44. The van der Waals surface area contributed by atoms with Crippen LogP contribution in [0.5, 0.6) is 0 Å². The number of carbonyl (C=O) groups excluding carboxylic acids is 2. The number of allylic oxidation sites excluding steroid dienone is 4. The van der Waals surface area contributed by atoms with Gasteiger partial charge in [0.25, 0.3) is 0 Å². The standard InChI is InChI=1S/C32H46O6/c1-18(15-21(34)16-19(2)28(36)37)24-17-27(38-20(3)33)32(8)23-9-10-25-29(4,5)26(35)12-13-30(25,6)22(23)11-14-31(24,32)7/h9,11,16,18,24-27,35H,10,12-15,17H2,1-8H3,(H,36,37). The van der Waals surface area contributed by atoms with E-state index >= 15 is 0 Å². The third-order valence-electron chi connectivity index (χ3n) is 11.6. The van der Waals surface area contributed by atoms with Crippen LogP contribution in [0, 0.1) is 39.4 Å². The van der Waals surface area contributed by atoms with Crippen molar-refractivity contribution >= 4 is 17.7 Å². The van der Waals surface area contributed by atoms with Gasteiger partial charge in [-0.1, -0.05) is 53.7 Å². The molecule has 2 fully saturated rings. The van der Waals surface area contributed by atoms with Crippen molar-refractivity contribution in [1.82, 2.24) is 0 Å². The van der Waals surface area contributed by atoms with Crippen LogP contribution in [0.15, 0.2) is 34.9 Å². The van der Waals surface area contributed by atoms with Crippen molar-refractivity contribution < 1.29 is 29.3 Å². The Morgan fingerprint density at radius 1 is 1.11 bits per heavy atom. The predicted molar refractivity (Wildman–Crippen MR) is 146 cm³/mol. The molecule has 4 aliphatic rings. The van der Waals surface area contributed by atoms with Gasteiger partial charge in [-0.05, 0) is 90.2 Å². The lowest BCUT2D eigenvalue weighted by molar-refractivity contribution is -0.152. The Bertz CT molecular complexity index is 1130. The summed E-state index contributed by atoms with van der Waals surface area (Å²) >= 11 is 0. The van der Waals surface area contributed by atoms with Crippen LogP contribution in [-0.2, 0) is 19.1 Å². The molecule has 0 aromatic heterocycles. The van der Waals surface area contributed by atoms with E-state index in [2.05, 4.69) is 53.7 Å². The summed E-state index contributed by atoms with van der Waals surface area (Å²) < 4.78 is 6.08. The molecule has 0 heterocycles. The van der Waals surface area contributed by atoms with Crippen LogP contribution in [-0.4, -0.2) is 40.1 Å². The Morgan fingerprint density at radius 3 is 2.37 bits per heavy atom. The van der Waals surface area contributed by atoms with E-state index in [1.54, 1.807) is 0 Å². The van der Waals surface area contributed by atoms with E-state index in [1.165, 1.54) is 31.1 Å². The maximum absolute atomic E-state index is 12.8. The molecule has 4 aliphatic carbocycles. The molecule has 0 bridgehead atoms. The number of hydrogen-bond donors (Lipinski definition) is 2. The van der Waals surface area contributed by atoms with Crippen molar-refractivity contribution in [3.05, 3.63) is 34.9 Å². The summed E-state index contributed by atoms with van der Waals surface area (Å²) in [5.41, 5.74) is 1.79. The molecule has 0 aromatic rings. The highest BCUT2D eigenvalue weighted by molar-refractivity contribution is 5.98. The fraction of sp³-hybridized carbons (Fsp3) is 0.719. The van der Waals surface area contributed by atoms with E-state index in [1.807, 2.05) is 0 Å².